The van der Waals surface area contributed by atoms with Gasteiger partial charge in [-0.2, -0.15) is 0 Å². The smallest absolute Gasteiger partial charge is 0.216 e. The first-order valence-corrected chi connectivity index (χ1v) is 5.36. The summed E-state index contributed by atoms with van der Waals surface area (Å²) in [6.07, 6.45) is 4.09. The molecule has 0 aromatic carbocycles. The van der Waals surface area contributed by atoms with Crippen LogP contribution in [0.4, 0.5) is 5.82 Å². The Morgan fingerprint density at radius 1 is 1.56 bits per heavy atom. The van der Waals surface area contributed by atoms with E-state index in [0.717, 1.165) is 18.3 Å². The minimum Gasteiger partial charge on any atom is -0.492 e. The zero-order chi connectivity index (χ0) is 11.4. The van der Waals surface area contributed by atoms with Crippen molar-refractivity contribution in [2.24, 2.45) is 5.92 Å². The molecule has 1 aliphatic rings. The minimum atomic E-state index is -0.251. The molecule has 0 spiro atoms. The molecule has 0 bridgehead atoms. The summed E-state index contributed by atoms with van der Waals surface area (Å²) in [5.41, 5.74) is 0. The van der Waals surface area contributed by atoms with Gasteiger partial charge in [-0.1, -0.05) is 0 Å². The molecule has 2 radical (unpaired) electrons. The Morgan fingerprint density at radius 3 is 2.94 bits per heavy atom. The number of hydrogen-bond acceptors (Lipinski definition) is 3. The van der Waals surface area contributed by atoms with E-state index in [0.29, 0.717) is 5.82 Å². The quantitative estimate of drug-likeness (QED) is 0.756. The van der Waals surface area contributed by atoms with E-state index in [9.17, 15) is 4.79 Å². The fourth-order valence-electron chi connectivity index (χ4n) is 1.23. The van der Waals surface area contributed by atoms with Crippen LogP contribution in [0.5, 0.6) is 5.75 Å². The number of rotatable bonds is 5. The number of pyridine rings is 1. The summed E-state index contributed by atoms with van der Waals surface area (Å²) in [6, 6.07) is 3.50. The van der Waals surface area contributed by atoms with E-state index in [4.69, 9.17) is 12.6 Å². The van der Waals surface area contributed by atoms with E-state index in [1.807, 2.05) is 0 Å². The van der Waals surface area contributed by atoms with Crippen LogP contribution in [0, 0.1) is 5.92 Å². The van der Waals surface area contributed by atoms with Crippen molar-refractivity contribution in [3.8, 4) is 5.75 Å². The highest BCUT2D eigenvalue weighted by Gasteiger charge is 2.21. The molecule has 0 unspecified atom stereocenters. The van der Waals surface area contributed by atoms with Gasteiger partial charge in [-0.05, 0) is 37.2 Å². The number of anilines is 1. The molecular formula is C11H13BN2O2. The molecule has 5 heteroatoms. The second kappa shape index (κ2) is 5.01. The highest BCUT2D eigenvalue weighted by molar-refractivity contribution is 6.22. The highest BCUT2D eigenvalue weighted by Crippen LogP contribution is 2.29. The van der Waals surface area contributed by atoms with Crippen molar-refractivity contribution >= 4 is 19.6 Å². The lowest BCUT2D eigenvalue weighted by atomic mass is 10.1. The van der Waals surface area contributed by atoms with Crippen LogP contribution in [-0.2, 0) is 4.79 Å². The number of nitrogens with zero attached hydrogens (tertiary/aromatic N) is 1. The van der Waals surface area contributed by atoms with E-state index >= 15 is 0 Å². The molecule has 1 fully saturated rings. The molecule has 1 amide bonds. The molecule has 1 aromatic heterocycles. The van der Waals surface area contributed by atoms with Crippen LogP contribution >= 0.6 is 0 Å². The van der Waals surface area contributed by atoms with Crippen molar-refractivity contribution in [2.75, 3.05) is 11.9 Å². The third-order valence-electron chi connectivity index (χ3n) is 2.37. The molecule has 4 nitrogen and oxygen atoms in total. The summed E-state index contributed by atoms with van der Waals surface area (Å²) in [4.78, 5) is 15.0. The van der Waals surface area contributed by atoms with Crippen LogP contribution in [0.3, 0.4) is 0 Å². The fraction of sp³-hybridized carbons (Fsp3) is 0.455. The number of nitrogens with one attached hydrogen (secondary N) is 1. The maximum absolute atomic E-state index is 11.0. The van der Waals surface area contributed by atoms with Crippen molar-refractivity contribution in [2.45, 2.75) is 19.2 Å². The molecule has 0 saturated heterocycles. The Balaban J connectivity index is 1.85. The summed E-state index contributed by atoms with van der Waals surface area (Å²) in [5, 5.41) is 2.57. The van der Waals surface area contributed by atoms with Crippen molar-refractivity contribution in [3.05, 3.63) is 18.3 Å². The monoisotopic (exact) mass is 216 g/mol. The molecule has 0 atom stereocenters. The van der Waals surface area contributed by atoms with Crippen LogP contribution in [0.15, 0.2) is 18.3 Å². The maximum Gasteiger partial charge on any atom is 0.216 e. The van der Waals surface area contributed by atoms with Gasteiger partial charge in [-0.25, -0.2) is 4.98 Å². The summed E-state index contributed by atoms with van der Waals surface area (Å²) in [5.74, 6) is 1.70. The number of carbonyl (C=O) groups is 1. The highest BCUT2D eigenvalue weighted by atomic mass is 16.5. The topological polar surface area (TPSA) is 51.2 Å². The first-order valence-electron chi connectivity index (χ1n) is 5.36. The molecule has 0 aliphatic heterocycles. The molecule has 82 valence electrons. The average molecular weight is 216 g/mol. The second-order valence-electron chi connectivity index (χ2n) is 3.89. The van der Waals surface area contributed by atoms with Crippen LogP contribution < -0.4 is 10.1 Å². The standard InChI is InChI=1S/C11H13BN2O2/c12-5-11(15)14-10-4-3-9(6-13-10)16-7-8-1-2-8/h3-4,6,8H,1-2,5,7H2,(H,13,14,15). The molecule has 1 saturated carbocycles. The number of ether oxygens (including phenoxy) is 1. The zero-order valence-corrected chi connectivity index (χ0v) is 8.98. The van der Waals surface area contributed by atoms with Gasteiger partial charge in [0.1, 0.15) is 11.6 Å². The molecule has 16 heavy (non-hydrogen) atoms. The number of aromatic nitrogens is 1. The zero-order valence-electron chi connectivity index (χ0n) is 8.98. The molecule has 2 rings (SSSR count). The third-order valence-corrected chi connectivity index (χ3v) is 2.37. The SMILES string of the molecule is [B]CC(=O)Nc1ccc(OCC2CC2)cn1. The van der Waals surface area contributed by atoms with Gasteiger partial charge >= 0.3 is 0 Å². The Morgan fingerprint density at radius 2 is 2.38 bits per heavy atom. The Bertz CT molecular complexity index is 363. The predicted octanol–water partition coefficient (Wildman–Crippen LogP) is 1.40. The molecule has 1 aliphatic carbocycles. The lowest BCUT2D eigenvalue weighted by molar-refractivity contribution is -0.114. The van der Waals surface area contributed by atoms with Gasteiger partial charge in [-0.15, -0.1) is 0 Å². The number of hydrogen-bond donors (Lipinski definition) is 1. The first-order chi connectivity index (χ1) is 7.78. The van der Waals surface area contributed by atoms with E-state index in [1.54, 1.807) is 18.3 Å². The van der Waals surface area contributed by atoms with Crippen molar-refractivity contribution in [1.82, 2.24) is 4.98 Å². The van der Waals surface area contributed by atoms with Gasteiger partial charge < -0.3 is 10.1 Å². The van der Waals surface area contributed by atoms with Crippen molar-refractivity contribution in [1.29, 1.82) is 0 Å². The van der Waals surface area contributed by atoms with E-state index in [2.05, 4.69) is 10.3 Å². The summed E-state index contributed by atoms with van der Waals surface area (Å²) in [7, 11) is 5.17. The number of amides is 1. The number of carbonyl (C=O) groups excluding carboxylic acids is 1. The predicted molar refractivity (Wildman–Crippen MR) is 61.6 cm³/mol. The minimum absolute atomic E-state index is 0.0401. The third kappa shape index (κ3) is 3.26. The normalized spacial score (nSPS) is 14.5. The van der Waals surface area contributed by atoms with E-state index in [1.165, 1.54) is 12.8 Å². The first kappa shape index (κ1) is 11.0. The van der Waals surface area contributed by atoms with Crippen molar-refractivity contribution in [3.63, 3.8) is 0 Å². The molecular weight excluding hydrogens is 203 g/mol. The van der Waals surface area contributed by atoms with E-state index < -0.39 is 0 Å². The molecule has 1 N–H and O–H groups in total. The van der Waals surface area contributed by atoms with Crippen LogP contribution in [0.2, 0.25) is 6.32 Å². The second-order valence-corrected chi connectivity index (χ2v) is 3.89. The summed E-state index contributed by atoms with van der Waals surface area (Å²) in [6.45, 7) is 0.760. The van der Waals surface area contributed by atoms with Gasteiger partial charge in [0.2, 0.25) is 5.91 Å². The molecule has 1 aromatic rings. The Kier molecular flexibility index (Phi) is 3.44. The summed E-state index contributed by atoms with van der Waals surface area (Å²) < 4.78 is 5.52. The van der Waals surface area contributed by atoms with Crippen LogP contribution in [0.1, 0.15) is 12.8 Å². The Hall–Kier alpha value is -1.52. The van der Waals surface area contributed by atoms with Gasteiger partial charge in [0.15, 0.2) is 0 Å². The van der Waals surface area contributed by atoms with Gasteiger partial charge in [0.25, 0.3) is 0 Å². The Labute approximate surface area is 95.8 Å². The molecule has 1 heterocycles. The maximum atomic E-state index is 11.0. The largest absolute Gasteiger partial charge is 0.492 e. The van der Waals surface area contributed by atoms with Crippen LogP contribution in [0.25, 0.3) is 0 Å². The van der Waals surface area contributed by atoms with Gasteiger partial charge in [0.05, 0.1) is 20.7 Å². The van der Waals surface area contributed by atoms with Gasteiger partial charge in [0, 0.05) is 0 Å². The fourth-order valence-corrected chi connectivity index (χ4v) is 1.23. The van der Waals surface area contributed by atoms with Gasteiger partial charge in [-0.3, -0.25) is 4.79 Å². The van der Waals surface area contributed by atoms with Crippen molar-refractivity contribution < 1.29 is 9.53 Å². The van der Waals surface area contributed by atoms with Crippen LogP contribution in [-0.4, -0.2) is 25.3 Å². The summed E-state index contributed by atoms with van der Waals surface area (Å²) >= 11 is 0. The lowest BCUT2D eigenvalue weighted by Gasteiger charge is -2.06. The average Bonchev–Trinajstić information content (AvgIpc) is 3.12. The lowest BCUT2D eigenvalue weighted by Crippen LogP contribution is -2.11. The van der Waals surface area contributed by atoms with E-state index in [-0.39, 0.29) is 12.2 Å².